The topological polar surface area (TPSA) is 43.0 Å². The van der Waals surface area contributed by atoms with Crippen LogP contribution in [0.1, 0.15) is 44.7 Å². The average molecular weight is 363 g/mol. The number of morpholine rings is 1. The Balaban J connectivity index is 1.40. The smallest absolute Gasteiger partial charge is 0.127 e. The number of benzene rings is 1. The summed E-state index contributed by atoms with van der Waals surface area (Å²) in [5, 5.41) is 3.57. The maximum atomic E-state index is 6.00. The molecule has 1 saturated heterocycles. The molecule has 1 fully saturated rings. The van der Waals surface area contributed by atoms with Crippen LogP contribution in [0.2, 0.25) is 0 Å². The second-order valence-corrected chi connectivity index (χ2v) is 7.81. The van der Waals surface area contributed by atoms with Crippen molar-refractivity contribution in [3.05, 3.63) is 23.3 Å². The van der Waals surface area contributed by atoms with E-state index in [1.165, 1.54) is 24.0 Å². The lowest BCUT2D eigenvalue weighted by molar-refractivity contribution is -0.0681. The first-order valence-electron chi connectivity index (χ1n) is 10.00. The monoisotopic (exact) mass is 362 g/mol. The third kappa shape index (κ3) is 5.12. The van der Waals surface area contributed by atoms with Crippen LogP contribution in [-0.2, 0) is 17.7 Å². The summed E-state index contributed by atoms with van der Waals surface area (Å²) in [5.41, 5.74) is 2.48. The Morgan fingerprint density at radius 2 is 1.88 bits per heavy atom. The SMILES string of the molecule is COc1cc(CNCCCCN2CC(C)OC(C)C2)c2c(c1)CC(C)O2. The summed E-state index contributed by atoms with van der Waals surface area (Å²) in [6.45, 7) is 11.6. The van der Waals surface area contributed by atoms with Crippen LogP contribution in [-0.4, -0.2) is 56.5 Å². The number of rotatable bonds is 8. The van der Waals surface area contributed by atoms with E-state index < -0.39 is 0 Å². The van der Waals surface area contributed by atoms with Gasteiger partial charge in [0, 0.05) is 37.2 Å². The molecule has 0 aromatic heterocycles. The molecule has 3 atom stereocenters. The van der Waals surface area contributed by atoms with Gasteiger partial charge in [0.05, 0.1) is 19.3 Å². The Morgan fingerprint density at radius 3 is 2.62 bits per heavy atom. The molecule has 0 saturated carbocycles. The molecular formula is C21H34N2O3. The van der Waals surface area contributed by atoms with Gasteiger partial charge in [-0.2, -0.15) is 0 Å². The first kappa shape index (κ1) is 19.5. The molecule has 3 rings (SSSR count). The zero-order valence-electron chi connectivity index (χ0n) is 16.7. The lowest BCUT2D eigenvalue weighted by Crippen LogP contribution is -2.45. The van der Waals surface area contributed by atoms with Gasteiger partial charge < -0.3 is 19.5 Å². The molecule has 1 aromatic carbocycles. The molecule has 2 aliphatic heterocycles. The largest absolute Gasteiger partial charge is 0.497 e. The molecule has 2 heterocycles. The Bertz CT molecular complexity index is 583. The van der Waals surface area contributed by atoms with Gasteiger partial charge in [0.15, 0.2) is 0 Å². The molecule has 0 aliphatic carbocycles. The van der Waals surface area contributed by atoms with Gasteiger partial charge in [-0.15, -0.1) is 0 Å². The predicted molar refractivity (Wildman–Crippen MR) is 104 cm³/mol. The molecule has 0 amide bonds. The van der Waals surface area contributed by atoms with E-state index in [4.69, 9.17) is 14.2 Å². The maximum absolute atomic E-state index is 6.00. The first-order valence-corrected chi connectivity index (χ1v) is 10.00. The minimum Gasteiger partial charge on any atom is -0.497 e. The van der Waals surface area contributed by atoms with Crippen molar-refractivity contribution >= 4 is 0 Å². The van der Waals surface area contributed by atoms with Gasteiger partial charge in [-0.25, -0.2) is 0 Å². The second-order valence-electron chi connectivity index (χ2n) is 7.81. The lowest BCUT2D eigenvalue weighted by atomic mass is 10.1. The standard InChI is InChI=1S/C21H34N2O3/c1-15-9-18-10-20(24-4)11-19(21(18)26-15)12-22-7-5-6-8-23-13-16(2)25-17(3)14-23/h10-11,15-17,22H,5-9,12-14H2,1-4H3. The van der Waals surface area contributed by atoms with Crippen LogP contribution < -0.4 is 14.8 Å². The molecule has 2 aliphatic rings. The zero-order valence-corrected chi connectivity index (χ0v) is 16.7. The van der Waals surface area contributed by atoms with Crippen molar-refractivity contribution in [1.29, 1.82) is 0 Å². The molecule has 1 aromatic rings. The highest BCUT2D eigenvalue weighted by molar-refractivity contribution is 5.49. The van der Waals surface area contributed by atoms with E-state index in [2.05, 4.69) is 43.1 Å². The fourth-order valence-corrected chi connectivity index (χ4v) is 4.10. The van der Waals surface area contributed by atoms with Crippen LogP contribution >= 0.6 is 0 Å². The molecule has 3 unspecified atom stereocenters. The Hall–Kier alpha value is -1.30. The van der Waals surface area contributed by atoms with Crippen molar-refractivity contribution in [2.75, 3.05) is 33.3 Å². The second kappa shape index (κ2) is 9.07. The fourth-order valence-electron chi connectivity index (χ4n) is 4.10. The summed E-state index contributed by atoms with van der Waals surface area (Å²) in [7, 11) is 1.73. The number of unbranched alkanes of at least 4 members (excludes halogenated alkanes) is 1. The minimum absolute atomic E-state index is 0.258. The highest BCUT2D eigenvalue weighted by Gasteiger charge is 2.23. The van der Waals surface area contributed by atoms with Gasteiger partial charge in [-0.05, 0) is 58.8 Å². The van der Waals surface area contributed by atoms with Crippen molar-refractivity contribution in [3.63, 3.8) is 0 Å². The highest BCUT2D eigenvalue weighted by Crippen LogP contribution is 2.36. The van der Waals surface area contributed by atoms with E-state index in [0.717, 1.165) is 50.6 Å². The van der Waals surface area contributed by atoms with Crippen LogP contribution in [0, 0.1) is 0 Å². The Kier molecular flexibility index (Phi) is 6.79. The van der Waals surface area contributed by atoms with E-state index in [0.29, 0.717) is 12.2 Å². The molecule has 5 nitrogen and oxygen atoms in total. The third-order valence-electron chi connectivity index (χ3n) is 5.17. The van der Waals surface area contributed by atoms with Crippen molar-refractivity contribution in [2.45, 2.75) is 64.9 Å². The fraction of sp³-hybridized carbons (Fsp3) is 0.714. The first-order chi connectivity index (χ1) is 12.5. The molecule has 0 radical (unpaired) electrons. The van der Waals surface area contributed by atoms with Gasteiger partial charge in [-0.3, -0.25) is 4.90 Å². The van der Waals surface area contributed by atoms with Crippen molar-refractivity contribution in [2.24, 2.45) is 0 Å². The molecule has 1 N–H and O–H groups in total. The summed E-state index contributed by atoms with van der Waals surface area (Å²) in [4.78, 5) is 2.53. The summed E-state index contributed by atoms with van der Waals surface area (Å²) >= 11 is 0. The average Bonchev–Trinajstić information content (AvgIpc) is 2.97. The summed E-state index contributed by atoms with van der Waals surface area (Å²) < 4.78 is 17.2. The van der Waals surface area contributed by atoms with Crippen molar-refractivity contribution in [1.82, 2.24) is 10.2 Å². The van der Waals surface area contributed by atoms with E-state index in [1.54, 1.807) is 7.11 Å². The molecule has 0 bridgehead atoms. The van der Waals surface area contributed by atoms with Crippen molar-refractivity contribution in [3.8, 4) is 11.5 Å². The highest BCUT2D eigenvalue weighted by atomic mass is 16.5. The molecule has 26 heavy (non-hydrogen) atoms. The number of ether oxygens (including phenoxy) is 3. The number of hydrogen-bond acceptors (Lipinski definition) is 5. The number of methoxy groups -OCH3 is 1. The van der Waals surface area contributed by atoms with Crippen LogP contribution in [0.5, 0.6) is 11.5 Å². The predicted octanol–water partition coefficient (Wildman–Crippen LogP) is 3.00. The van der Waals surface area contributed by atoms with Gasteiger partial charge >= 0.3 is 0 Å². The number of nitrogens with one attached hydrogen (secondary N) is 1. The van der Waals surface area contributed by atoms with Gasteiger partial charge in [0.1, 0.15) is 17.6 Å². The molecule has 5 heteroatoms. The number of hydrogen-bond donors (Lipinski definition) is 1. The quantitative estimate of drug-likeness (QED) is 0.720. The summed E-state index contributed by atoms with van der Waals surface area (Å²) in [6.07, 6.45) is 4.34. The third-order valence-corrected chi connectivity index (χ3v) is 5.17. The van der Waals surface area contributed by atoms with Crippen LogP contribution in [0.3, 0.4) is 0 Å². The van der Waals surface area contributed by atoms with E-state index in [1.807, 2.05) is 0 Å². The van der Waals surface area contributed by atoms with Crippen LogP contribution in [0.4, 0.5) is 0 Å². The number of nitrogens with zero attached hydrogens (tertiary/aromatic N) is 1. The zero-order chi connectivity index (χ0) is 18.5. The summed E-state index contributed by atoms with van der Waals surface area (Å²) in [6, 6.07) is 4.20. The minimum atomic E-state index is 0.258. The van der Waals surface area contributed by atoms with Gasteiger partial charge in [0.2, 0.25) is 0 Å². The normalized spacial score (nSPS) is 25.8. The van der Waals surface area contributed by atoms with Crippen LogP contribution in [0.25, 0.3) is 0 Å². The van der Waals surface area contributed by atoms with E-state index in [9.17, 15) is 0 Å². The lowest BCUT2D eigenvalue weighted by Gasteiger charge is -2.35. The van der Waals surface area contributed by atoms with Gasteiger partial charge in [0.25, 0.3) is 0 Å². The summed E-state index contributed by atoms with van der Waals surface area (Å²) in [5.74, 6) is 1.98. The van der Waals surface area contributed by atoms with E-state index in [-0.39, 0.29) is 6.10 Å². The molecular weight excluding hydrogens is 328 g/mol. The molecule has 0 spiro atoms. The Labute approximate surface area is 158 Å². The van der Waals surface area contributed by atoms with Crippen molar-refractivity contribution < 1.29 is 14.2 Å². The van der Waals surface area contributed by atoms with E-state index >= 15 is 0 Å². The van der Waals surface area contributed by atoms with Crippen LogP contribution in [0.15, 0.2) is 12.1 Å². The maximum Gasteiger partial charge on any atom is 0.127 e. The number of fused-ring (bicyclic) bond motifs is 1. The Morgan fingerprint density at radius 1 is 1.12 bits per heavy atom. The molecule has 146 valence electrons. The van der Waals surface area contributed by atoms with Gasteiger partial charge in [-0.1, -0.05) is 0 Å².